The second-order valence-corrected chi connectivity index (χ2v) is 6.44. The summed E-state index contributed by atoms with van der Waals surface area (Å²) >= 11 is 5.06. The number of nitrogens with one attached hydrogen (secondary N) is 1. The third kappa shape index (κ3) is 2.02. The summed E-state index contributed by atoms with van der Waals surface area (Å²) < 4.78 is 6.55. The number of nitrogens with zero attached hydrogens (tertiary/aromatic N) is 2. The Labute approximate surface area is 118 Å². The van der Waals surface area contributed by atoms with E-state index in [9.17, 15) is 0 Å². The van der Waals surface area contributed by atoms with Gasteiger partial charge in [0.25, 0.3) is 0 Å². The number of aromatic nitrogens is 2. The molecule has 1 N–H and O–H groups in total. The lowest BCUT2D eigenvalue weighted by Gasteiger charge is -2.20. The van der Waals surface area contributed by atoms with E-state index in [1.54, 1.807) is 11.3 Å². The van der Waals surface area contributed by atoms with E-state index in [2.05, 4.69) is 38.3 Å². The summed E-state index contributed by atoms with van der Waals surface area (Å²) in [6, 6.07) is 2.02. The molecule has 18 heavy (non-hydrogen) atoms. The smallest absolute Gasteiger partial charge is 0.234 e. The summed E-state index contributed by atoms with van der Waals surface area (Å²) in [6.07, 6.45) is 2.09. The van der Waals surface area contributed by atoms with Crippen LogP contribution in [-0.4, -0.2) is 23.2 Å². The molecule has 1 aliphatic heterocycles. The van der Waals surface area contributed by atoms with Crippen LogP contribution in [0, 0.1) is 0 Å². The second-order valence-electron chi connectivity index (χ2n) is 4.61. The fraction of sp³-hybridized carbons (Fsp3) is 0.500. The van der Waals surface area contributed by atoms with E-state index < -0.39 is 0 Å². The van der Waals surface area contributed by atoms with E-state index in [4.69, 9.17) is 4.52 Å². The van der Waals surface area contributed by atoms with Crippen molar-refractivity contribution in [3.05, 3.63) is 21.8 Å². The summed E-state index contributed by atoms with van der Waals surface area (Å²) in [7, 11) is 0. The van der Waals surface area contributed by atoms with Crippen LogP contribution < -0.4 is 5.32 Å². The standard InChI is InChI=1S/C12H14BrN3OS/c1-2-12(3-4-14-7-12)11-15-10(16-17-11)9-5-8(13)6-18-9/h5-6,14H,2-4,7H2,1H3. The zero-order chi connectivity index (χ0) is 12.6. The van der Waals surface area contributed by atoms with Crippen molar-refractivity contribution in [2.24, 2.45) is 0 Å². The minimum absolute atomic E-state index is 0.0275. The Morgan fingerprint density at radius 1 is 1.61 bits per heavy atom. The van der Waals surface area contributed by atoms with E-state index in [1.165, 1.54) is 0 Å². The molecule has 4 nitrogen and oxygen atoms in total. The molecule has 3 rings (SSSR count). The van der Waals surface area contributed by atoms with Gasteiger partial charge >= 0.3 is 0 Å². The summed E-state index contributed by atoms with van der Waals surface area (Å²) in [5.41, 5.74) is 0.0275. The van der Waals surface area contributed by atoms with Crippen molar-refractivity contribution in [3.63, 3.8) is 0 Å². The molecule has 0 bridgehead atoms. The quantitative estimate of drug-likeness (QED) is 0.940. The molecule has 0 aliphatic carbocycles. The normalized spacial score (nSPS) is 23.7. The van der Waals surface area contributed by atoms with Gasteiger partial charge in [-0.25, -0.2) is 0 Å². The van der Waals surface area contributed by atoms with Crippen LogP contribution in [0.3, 0.4) is 0 Å². The van der Waals surface area contributed by atoms with E-state index in [0.29, 0.717) is 5.82 Å². The molecule has 2 aromatic rings. The number of halogens is 1. The third-order valence-corrected chi connectivity index (χ3v) is 5.28. The Bertz CT molecular complexity index is 545. The van der Waals surface area contributed by atoms with Crippen LogP contribution in [0.2, 0.25) is 0 Å². The maximum Gasteiger partial charge on any atom is 0.234 e. The summed E-state index contributed by atoms with van der Waals surface area (Å²) in [6.45, 7) is 4.13. The van der Waals surface area contributed by atoms with Gasteiger partial charge in [-0.1, -0.05) is 12.1 Å². The van der Waals surface area contributed by atoms with Gasteiger partial charge in [0.15, 0.2) is 0 Å². The molecule has 1 fully saturated rings. The molecule has 6 heteroatoms. The Balaban J connectivity index is 1.93. The molecule has 0 amide bonds. The Hall–Kier alpha value is -0.720. The zero-order valence-electron chi connectivity index (χ0n) is 10.1. The minimum atomic E-state index is 0.0275. The molecular formula is C12H14BrN3OS. The number of hydrogen-bond donors (Lipinski definition) is 1. The minimum Gasteiger partial charge on any atom is -0.338 e. The highest BCUT2D eigenvalue weighted by Gasteiger charge is 2.39. The summed E-state index contributed by atoms with van der Waals surface area (Å²) in [5.74, 6) is 1.47. The van der Waals surface area contributed by atoms with Gasteiger partial charge in [0.1, 0.15) is 0 Å². The zero-order valence-corrected chi connectivity index (χ0v) is 12.5. The maximum atomic E-state index is 5.50. The van der Waals surface area contributed by atoms with Gasteiger partial charge in [0.05, 0.1) is 10.3 Å². The molecule has 0 radical (unpaired) electrons. The highest BCUT2D eigenvalue weighted by atomic mass is 79.9. The van der Waals surface area contributed by atoms with Gasteiger partial charge in [-0.15, -0.1) is 11.3 Å². The predicted molar refractivity (Wildman–Crippen MR) is 74.8 cm³/mol. The van der Waals surface area contributed by atoms with Crippen LogP contribution >= 0.6 is 27.3 Å². The van der Waals surface area contributed by atoms with Gasteiger partial charge in [-0.3, -0.25) is 0 Å². The molecule has 96 valence electrons. The van der Waals surface area contributed by atoms with Gasteiger partial charge < -0.3 is 9.84 Å². The summed E-state index contributed by atoms with van der Waals surface area (Å²) in [4.78, 5) is 5.63. The Morgan fingerprint density at radius 3 is 3.11 bits per heavy atom. The van der Waals surface area contributed by atoms with E-state index >= 15 is 0 Å². The van der Waals surface area contributed by atoms with Gasteiger partial charge in [-0.2, -0.15) is 4.98 Å². The highest BCUT2D eigenvalue weighted by molar-refractivity contribution is 9.10. The molecule has 2 aromatic heterocycles. The van der Waals surface area contributed by atoms with E-state index in [0.717, 1.165) is 41.2 Å². The molecule has 3 heterocycles. The van der Waals surface area contributed by atoms with Gasteiger partial charge in [-0.05, 0) is 41.4 Å². The molecule has 0 spiro atoms. The number of rotatable bonds is 3. The molecule has 0 saturated carbocycles. The topological polar surface area (TPSA) is 51.0 Å². The average Bonchev–Trinajstić information content (AvgIpc) is 3.08. The van der Waals surface area contributed by atoms with Crippen LogP contribution in [0.5, 0.6) is 0 Å². The van der Waals surface area contributed by atoms with Crippen molar-refractivity contribution in [3.8, 4) is 10.7 Å². The molecular weight excluding hydrogens is 314 g/mol. The van der Waals surface area contributed by atoms with Crippen molar-refractivity contribution in [1.29, 1.82) is 0 Å². The first-order valence-corrected chi connectivity index (χ1v) is 7.70. The Kier molecular flexibility index (Phi) is 3.25. The molecule has 0 aromatic carbocycles. The van der Waals surface area contributed by atoms with Crippen LogP contribution in [0.15, 0.2) is 20.4 Å². The van der Waals surface area contributed by atoms with Crippen LogP contribution in [-0.2, 0) is 5.41 Å². The van der Waals surface area contributed by atoms with Crippen LogP contribution in [0.1, 0.15) is 25.7 Å². The lowest BCUT2D eigenvalue weighted by Crippen LogP contribution is -2.28. The second kappa shape index (κ2) is 4.75. The largest absolute Gasteiger partial charge is 0.338 e. The van der Waals surface area contributed by atoms with Gasteiger partial charge in [0, 0.05) is 16.4 Å². The number of hydrogen-bond acceptors (Lipinski definition) is 5. The van der Waals surface area contributed by atoms with Crippen molar-refractivity contribution in [1.82, 2.24) is 15.5 Å². The predicted octanol–water partition coefficient (Wildman–Crippen LogP) is 3.20. The summed E-state index contributed by atoms with van der Waals surface area (Å²) in [5, 5.41) is 9.52. The SMILES string of the molecule is CCC1(c2nc(-c3cc(Br)cs3)no2)CCNC1. The number of thiophene rings is 1. The third-order valence-electron chi connectivity index (χ3n) is 3.59. The fourth-order valence-electron chi connectivity index (χ4n) is 2.35. The Morgan fingerprint density at radius 2 is 2.50 bits per heavy atom. The monoisotopic (exact) mass is 327 g/mol. The molecule has 1 unspecified atom stereocenters. The first kappa shape index (κ1) is 12.3. The van der Waals surface area contributed by atoms with Crippen molar-refractivity contribution in [2.45, 2.75) is 25.2 Å². The molecule has 1 aliphatic rings. The first-order valence-electron chi connectivity index (χ1n) is 6.03. The van der Waals surface area contributed by atoms with Crippen molar-refractivity contribution >= 4 is 27.3 Å². The van der Waals surface area contributed by atoms with Crippen LogP contribution in [0.4, 0.5) is 0 Å². The first-order chi connectivity index (χ1) is 8.73. The van der Waals surface area contributed by atoms with Crippen molar-refractivity contribution in [2.75, 3.05) is 13.1 Å². The van der Waals surface area contributed by atoms with E-state index in [-0.39, 0.29) is 5.41 Å². The van der Waals surface area contributed by atoms with Gasteiger partial charge in [0.2, 0.25) is 11.7 Å². The molecule has 1 atom stereocenters. The maximum absolute atomic E-state index is 5.50. The fourth-order valence-corrected chi connectivity index (χ4v) is 3.70. The van der Waals surface area contributed by atoms with Crippen molar-refractivity contribution < 1.29 is 4.52 Å². The average molecular weight is 328 g/mol. The highest BCUT2D eigenvalue weighted by Crippen LogP contribution is 2.35. The lowest BCUT2D eigenvalue weighted by atomic mass is 9.84. The van der Waals surface area contributed by atoms with Crippen LogP contribution in [0.25, 0.3) is 10.7 Å². The lowest BCUT2D eigenvalue weighted by molar-refractivity contribution is 0.285. The van der Waals surface area contributed by atoms with E-state index in [1.807, 2.05) is 11.4 Å². The molecule has 1 saturated heterocycles.